The van der Waals surface area contributed by atoms with Gasteiger partial charge in [0.25, 0.3) is 0 Å². The van der Waals surface area contributed by atoms with Crippen LogP contribution in [0.1, 0.15) is 0 Å². The summed E-state index contributed by atoms with van der Waals surface area (Å²) in [5.41, 5.74) is 1.85. The normalized spacial score (nSPS) is 11.6. The van der Waals surface area contributed by atoms with Gasteiger partial charge in [0.1, 0.15) is 0 Å². The van der Waals surface area contributed by atoms with Crippen LogP contribution in [0, 0.1) is 0 Å². The highest BCUT2D eigenvalue weighted by molar-refractivity contribution is 6.28. The molecule has 3 nitrogen and oxygen atoms in total. The van der Waals surface area contributed by atoms with Crippen LogP contribution in [0.3, 0.4) is 0 Å². The van der Waals surface area contributed by atoms with Crippen LogP contribution in [-0.4, -0.2) is 15.0 Å². The van der Waals surface area contributed by atoms with E-state index >= 15 is 0 Å². The van der Waals surface area contributed by atoms with E-state index in [4.69, 9.17) is 16.6 Å². The average Bonchev–Trinajstić information content (AvgIpc) is 2.91. The minimum absolute atomic E-state index is 0.181. The van der Waals surface area contributed by atoms with Crippen LogP contribution < -0.4 is 0 Å². The SMILES string of the molecule is Clc1nc(-c2ccc3ccccc3c2)nc(-c2cc3c4ccccc4ccc3c3ccccc23)n1. The Bertz CT molecular complexity index is 1930. The highest BCUT2D eigenvalue weighted by Crippen LogP contribution is 2.37. The van der Waals surface area contributed by atoms with Crippen LogP contribution in [-0.2, 0) is 0 Å². The molecule has 1 heterocycles. The standard InChI is InChI=1S/C31H18ClN3/c32-31-34-29(22-14-13-19-7-1-2-9-21(19)17-22)33-30(35-31)28-18-27-23-10-4-3-8-20(23)15-16-26(27)24-11-5-6-12-25(24)28/h1-18H. The zero-order valence-electron chi connectivity index (χ0n) is 18.6. The van der Waals surface area contributed by atoms with Gasteiger partial charge in [0.05, 0.1) is 0 Å². The van der Waals surface area contributed by atoms with Crippen LogP contribution in [0.15, 0.2) is 109 Å². The molecule has 7 aromatic rings. The Morgan fingerprint density at radius 1 is 0.429 bits per heavy atom. The Labute approximate surface area is 206 Å². The van der Waals surface area contributed by atoms with Crippen molar-refractivity contribution in [2.45, 2.75) is 0 Å². The monoisotopic (exact) mass is 467 g/mol. The molecule has 35 heavy (non-hydrogen) atoms. The minimum Gasteiger partial charge on any atom is -0.208 e. The van der Waals surface area contributed by atoms with Crippen molar-refractivity contribution < 1.29 is 0 Å². The summed E-state index contributed by atoms with van der Waals surface area (Å²) in [6.07, 6.45) is 0. The van der Waals surface area contributed by atoms with Gasteiger partial charge in [-0.25, -0.2) is 4.98 Å². The minimum atomic E-state index is 0.181. The summed E-state index contributed by atoms with van der Waals surface area (Å²) in [6.45, 7) is 0. The van der Waals surface area contributed by atoms with E-state index in [1.165, 1.54) is 26.9 Å². The molecule has 0 fully saturated rings. The van der Waals surface area contributed by atoms with E-state index in [2.05, 4.69) is 94.9 Å². The van der Waals surface area contributed by atoms with Gasteiger partial charge < -0.3 is 0 Å². The number of hydrogen-bond donors (Lipinski definition) is 0. The molecule has 0 unspecified atom stereocenters. The van der Waals surface area contributed by atoms with E-state index in [0.29, 0.717) is 11.6 Å². The number of fused-ring (bicyclic) bond motifs is 6. The molecule has 0 amide bonds. The van der Waals surface area contributed by atoms with Crippen LogP contribution in [0.25, 0.3) is 65.9 Å². The quantitative estimate of drug-likeness (QED) is 0.239. The summed E-state index contributed by atoms with van der Waals surface area (Å²) >= 11 is 6.47. The first kappa shape index (κ1) is 20.1. The van der Waals surface area contributed by atoms with Gasteiger partial charge in [0, 0.05) is 11.1 Å². The smallest absolute Gasteiger partial charge is 0.208 e. The zero-order chi connectivity index (χ0) is 23.4. The second-order valence-corrected chi connectivity index (χ2v) is 9.00. The number of nitrogens with zero attached hydrogens (tertiary/aromatic N) is 3. The van der Waals surface area contributed by atoms with Crippen molar-refractivity contribution in [1.82, 2.24) is 15.0 Å². The highest BCUT2D eigenvalue weighted by Gasteiger charge is 2.15. The Morgan fingerprint density at radius 2 is 1.06 bits per heavy atom. The van der Waals surface area contributed by atoms with Gasteiger partial charge in [-0.2, -0.15) is 9.97 Å². The molecule has 0 saturated heterocycles. The van der Waals surface area contributed by atoms with Gasteiger partial charge in [-0.3, -0.25) is 0 Å². The molecule has 0 aliphatic heterocycles. The Balaban J connectivity index is 1.52. The molecule has 0 N–H and O–H groups in total. The largest absolute Gasteiger partial charge is 0.226 e. The summed E-state index contributed by atoms with van der Waals surface area (Å²) in [6, 6.07) is 37.9. The average molecular weight is 468 g/mol. The third kappa shape index (κ3) is 3.32. The molecule has 0 spiro atoms. The van der Waals surface area contributed by atoms with Crippen molar-refractivity contribution in [3.8, 4) is 22.8 Å². The van der Waals surface area contributed by atoms with E-state index in [0.717, 1.165) is 27.3 Å². The van der Waals surface area contributed by atoms with Crippen LogP contribution in [0.2, 0.25) is 5.28 Å². The third-order valence-corrected chi connectivity index (χ3v) is 6.79. The summed E-state index contributed by atoms with van der Waals surface area (Å²) in [4.78, 5) is 14.0. The van der Waals surface area contributed by atoms with Crippen molar-refractivity contribution in [2.75, 3.05) is 0 Å². The summed E-state index contributed by atoms with van der Waals surface area (Å²) in [7, 11) is 0. The van der Waals surface area contributed by atoms with Gasteiger partial charge in [-0.15, -0.1) is 0 Å². The number of hydrogen-bond acceptors (Lipinski definition) is 3. The van der Waals surface area contributed by atoms with Crippen molar-refractivity contribution in [3.63, 3.8) is 0 Å². The van der Waals surface area contributed by atoms with E-state index < -0.39 is 0 Å². The van der Waals surface area contributed by atoms with Crippen molar-refractivity contribution in [3.05, 3.63) is 114 Å². The first-order chi connectivity index (χ1) is 17.2. The van der Waals surface area contributed by atoms with Gasteiger partial charge in [-0.1, -0.05) is 97.1 Å². The number of benzene rings is 6. The molecule has 7 rings (SSSR count). The molecule has 1 aromatic heterocycles. The number of halogens is 1. The zero-order valence-corrected chi connectivity index (χ0v) is 19.4. The van der Waals surface area contributed by atoms with Crippen molar-refractivity contribution in [1.29, 1.82) is 0 Å². The van der Waals surface area contributed by atoms with E-state index in [9.17, 15) is 0 Å². The molecule has 0 atom stereocenters. The molecule has 0 radical (unpaired) electrons. The fraction of sp³-hybridized carbons (Fsp3) is 0. The lowest BCUT2D eigenvalue weighted by atomic mass is 9.93. The molecular weight excluding hydrogens is 450 g/mol. The molecule has 0 bridgehead atoms. The lowest BCUT2D eigenvalue weighted by molar-refractivity contribution is 1.07. The Hall–Kier alpha value is -4.34. The van der Waals surface area contributed by atoms with E-state index in [1.54, 1.807) is 0 Å². The fourth-order valence-electron chi connectivity index (χ4n) is 4.97. The molecule has 0 aliphatic rings. The van der Waals surface area contributed by atoms with Crippen molar-refractivity contribution >= 4 is 54.7 Å². The molecule has 164 valence electrons. The highest BCUT2D eigenvalue weighted by atomic mass is 35.5. The van der Waals surface area contributed by atoms with Gasteiger partial charge >= 0.3 is 0 Å². The van der Waals surface area contributed by atoms with Crippen LogP contribution in [0.5, 0.6) is 0 Å². The number of aromatic nitrogens is 3. The summed E-state index contributed by atoms with van der Waals surface area (Å²) in [5, 5.41) is 9.50. The molecule has 4 heteroatoms. The maximum Gasteiger partial charge on any atom is 0.226 e. The van der Waals surface area contributed by atoms with Gasteiger partial charge in [-0.05, 0) is 66.8 Å². The third-order valence-electron chi connectivity index (χ3n) is 6.62. The first-order valence-corrected chi connectivity index (χ1v) is 11.9. The van der Waals surface area contributed by atoms with Crippen molar-refractivity contribution in [2.24, 2.45) is 0 Å². The predicted octanol–water partition coefficient (Wildman–Crippen LogP) is 8.47. The first-order valence-electron chi connectivity index (χ1n) is 11.5. The Kier molecular flexibility index (Phi) is 4.51. The van der Waals surface area contributed by atoms with Gasteiger partial charge in [0.15, 0.2) is 11.6 Å². The fourth-order valence-corrected chi connectivity index (χ4v) is 5.13. The second kappa shape index (κ2) is 7.86. The lowest BCUT2D eigenvalue weighted by Gasteiger charge is -2.13. The Morgan fingerprint density at radius 3 is 1.91 bits per heavy atom. The van der Waals surface area contributed by atoms with E-state index in [1.807, 2.05) is 24.3 Å². The molecule has 0 aliphatic carbocycles. The maximum atomic E-state index is 6.47. The number of rotatable bonds is 2. The second-order valence-electron chi connectivity index (χ2n) is 8.67. The van der Waals surface area contributed by atoms with Crippen LogP contribution >= 0.6 is 11.6 Å². The van der Waals surface area contributed by atoms with Gasteiger partial charge in [0.2, 0.25) is 5.28 Å². The lowest BCUT2D eigenvalue weighted by Crippen LogP contribution is -1.98. The molecule has 0 saturated carbocycles. The van der Waals surface area contributed by atoms with Crippen LogP contribution in [0.4, 0.5) is 0 Å². The predicted molar refractivity (Wildman–Crippen MR) is 146 cm³/mol. The van der Waals surface area contributed by atoms with E-state index in [-0.39, 0.29) is 5.28 Å². The summed E-state index contributed by atoms with van der Waals surface area (Å²) in [5.74, 6) is 1.13. The molecule has 6 aromatic carbocycles. The maximum absolute atomic E-state index is 6.47. The summed E-state index contributed by atoms with van der Waals surface area (Å²) < 4.78 is 0. The molecular formula is C31H18ClN3. The topological polar surface area (TPSA) is 38.7 Å².